The van der Waals surface area contributed by atoms with Gasteiger partial charge in [0.1, 0.15) is 0 Å². The van der Waals surface area contributed by atoms with Gasteiger partial charge in [0, 0.05) is 5.69 Å². The van der Waals surface area contributed by atoms with E-state index in [0.29, 0.717) is 0 Å². The van der Waals surface area contributed by atoms with E-state index in [4.69, 9.17) is 4.74 Å². The van der Waals surface area contributed by atoms with Crippen LogP contribution in [0.2, 0.25) is 0 Å². The fourth-order valence-electron chi connectivity index (χ4n) is 2.73. The number of rotatable bonds is 4. The lowest BCUT2D eigenvalue weighted by Crippen LogP contribution is -2.26. The van der Waals surface area contributed by atoms with Gasteiger partial charge in [0.15, 0.2) is 6.61 Å². The number of benzene rings is 1. The Kier molecular flexibility index (Phi) is 5.37. The zero-order valence-electron chi connectivity index (χ0n) is 12.8. The van der Waals surface area contributed by atoms with Crippen LogP contribution < -0.4 is 5.32 Å². The summed E-state index contributed by atoms with van der Waals surface area (Å²) < 4.78 is 5.13. The van der Waals surface area contributed by atoms with Crippen molar-refractivity contribution in [2.75, 3.05) is 11.9 Å². The summed E-state index contributed by atoms with van der Waals surface area (Å²) in [6.07, 6.45) is 5.12. The molecule has 1 aromatic carbocycles. The van der Waals surface area contributed by atoms with Crippen molar-refractivity contribution in [3.63, 3.8) is 0 Å². The fourth-order valence-corrected chi connectivity index (χ4v) is 2.73. The number of anilines is 1. The first kappa shape index (κ1) is 15.5. The predicted molar refractivity (Wildman–Crippen MR) is 82.1 cm³/mol. The highest BCUT2D eigenvalue weighted by Crippen LogP contribution is 2.24. The third-order valence-electron chi connectivity index (χ3n) is 3.94. The Bertz CT molecular complexity index is 519. The highest BCUT2D eigenvalue weighted by atomic mass is 16.5. The molecule has 1 aliphatic rings. The molecule has 0 unspecified atom stereocenters. The Morgan fingerprint density at radius 2 is 1.90 bits per heavy atom. The lowest BCUT2D eigenvalue weighted by molar-refractivity contribution is -0.152. The number of carbonyl (C=O) groups is 2. The fraction of sp³-hybridized carbons (Fsp3) is 0.529. The molecule has 1 aromatic rings. The summed E-state index contributed by atoms with van der Waals surface area (Å²) in [5, 5.41) is 2.78. The summed E-state index contributed by atoms with van der Waals surface area (Å²) in [6, 6.07) is 5.81. The van der Waals surface area contributed by atoms with Crippen LogP contribution in [-0.2, 0) is 14.3 Å². The first-order valence-corrected chi connectivity index (χ1v) is 7.60. The maximum Gasteiger partial charge on any atom is 0.309 e. The van der Waals surface area contributed by atoms with E-state index in [1.807, 2.05) is 32.0 Å². The Hall–Kier alpha value is -1.84. The van der Waals surface area contributed by atoms with E-state index < -0.39 is 0 Å². The van der Waals surface area contributed by atoms with E-state index in [9.17, 15) is 9.59 Å². The first-order valence-electron chi connectivity index (χ1n) is 7.60. The van der Waals surface area contributed by atoms with Crippen LogP contribution in [0.3, 0.4) is 0 Å². The van der Waals surface area contributed by atoms with Crippen molar-refractivity contribution in [3.05, 3.63) is 29.3 Å². The predicted octanol–water partition coefficient (Wildman–Crippen LogP) is 3.37. The van der Waals surface area contributed by atoms with Crippen LogP contribution in [0.15, 0.2) is 18.2 Å². The molecule has 4 nitrogen and oxygen atoms in total. The van der Waals surface area contributed by atoms with Crippen LogP contribution >= 0.6 is 0 Å². The van der Waals surface area contributed by atoms with Crippen molar-refractivity contribution in [1.82, 2.24) is 0 Å². The highest BCUT2D eigenvalue weighted by Gasteiger charge is 2.23. The standard InChI is InChI=1S/C17H23NO3/c1-12-8-9-15(13(2)10-12)18-16(19)11-21-17(20)14-6-4-3-5-7-14/h8-10,14H,3-7,11H2,1-2H3,(H,18,19). The molecule has 114 valence electrons. The molecule has 0 spiro atoms. The third-order valence-corrected chi connectivity index (χ3v) is 3.94. The molecule has 1 amide bonds. The topological polar surface area (TPSA) is 55.4 Å². The molecule has 1 saturated carbocycles. The van der Waals surface area contributed by atoms with Crippen LogP contribution in [-0.4, -0.2) is 18.5 Å². The monoisotopic (exact) mass is 289 g/mol. The number of carbonyl (C=O) groups excluding carboxylic acids is 2. The smallest absolute Gasteiger partial charge is 0.309 e. The van der Waals surface area contributed by atoms with Crippen LogP contribution in [0.5, 0.6) is 0 Å². The van der Waals surface area contributed by atoms with Crippen LogP contribution in [0.1, 0.15) is 43.2 Å². The SMILES string of the molecule is Cc1ccc(NC(=O)COC(=O)C2CCCCC2)c(C)c1. The molecule has 0 bridgehead atoms. The second-order valence-electron chi connectivity index (χ2n) is 5.81. The summed E-state index contributed by atoms with van der Waals surface area (Å²) >= 11 is 0. The number of nitrogens with one attached hydrogen (secondary N) is 1. The van der Waals surface area contributed by atoms with Crippen molar-refractivity contribution in [2.24, 2.45) is 5.92 Å². The van der Waals surface area contributed by atoms with Crippen molar-refractivity contribution in [2.45, 2.75) is 46.0 Å². The van der Waals surface area contributed by atoms with Gasteiger partial charge in [-0.3, -0.25) is 9.59 Å². The summed E-state index contributed by atoms with van der Waals surface area (Å²) in [5.74, 6) is -0.538. The first-order chi connectivity index (χ1) is 10.1. The van der Waals surface area contributed by atoms with Gasteiger partial charge < -0.3 is 10.1 Å². The maximum absolute atomic E-state index is 11.9. The zero-order valence-corrected chi connectivity index (χ0v) is 12.8. The van der Waals surface area contributed by atoms with E-state index in [1.54, 1.807) is 0 Å². The Morgan fingerprint density at radius 1 is 1.19 bits per heavy atom. The quantitative estimate of drug-likeness (QED) is 0.865. The molecule has 2 rings (SSSR count). The molecule has 0 aromatic heterocycles. The minimum absolute atomic E-state index is 0.0207. The summed E-state index contributed by atoms with van der Waals surface area (Å²) in [7, 11) is 0. The molecule has 0 saturated heterocycles. The number of hydrogen-bond donors (Lipinski definition) is 1. The molecular formula is C17H23NO3. The Balaban J connectivity index is 1.80. The Labute approximate surface area is 125 Å². The minimum Gasteiger partial charge on any atom is -0.455 e. The van der Waals surface area contributed by atoms with Crippen LogP contribution in [0.4, 0.5) is 5.69 Å². The second kappa shape index (κ2) is 7.25. The van der Waals surface area contributed by atoms with Gasteiger partial charge in [-0.1, -0.05) is 37.0 Å². The van der Waals surface area contributed by atoms with Crippen molar-refractivity contribution in [1.29, 1.82) is 0 Å². The molecule has 1 aliphatic carbocycles. The van der Waals surface area contributed by atoms with Crippen molar-refractivity contribution in [3.8, 4) is 0 Å². The minimum atomic E-state index is -0.286. The molecule has 0 radical (unpaired) electrons. The molecule has 1 N–H and O–H groups in total. The average molecular weight is 289 g/mol. The number of hydrogen-bond acceptors (Lipinski definition) is 3. The van der Waals surface area contributed by atoms with Crippen molar-refractivity contribution >= 4 is 17.6 Å². The molecule has 0 atom stereocenters. The number of aryl methyl sites for hydroxylation is 2. The Morgan fingerprint density at radius 3 is 2.57 bits per heavy atom. The van der Waals surface area contributed by atoms with Gasteiger partial charge in [0.05, 0.1) is 5.92 Å². The van der Waals surface area contributed by atoms with Crippen LogP contribution in [0, 0.1) is 19.8 Å². The van der Waals surface area contributed by atoms with E-state index in [2.05, 4.69) is 5.32 Å². The molecule has 4 heteroatoms. The lowest BCUT2D eigenvalue weighted by Gasteiger charge is -2.19. The summed E-state index contributed by atoms with van der Waals surface area (Å²) in [6.45, 7) is 3.74. The zero-order chi connectivity index (χ0) is 15.2. The van der Waals surface area contributed by atoms with Gasteiger partial charge in [-0.15, -0.1) is 0 Å². The molecule has 0 aliphatic heterocycles. The summed E-state index contributed by atoms with van der Waals surface area (Å²) in [4.78, 5) is 23.7. The largest absolute Gasteiger partial charge is 0.455 e. The second-order valence-corrected chi connectivity index (χ2v) is 5.81. The maximum atomic E-state index is 11.9. The van der Waals surface area contributed by atoms with Gasteiger partial charge in [-0.05, 0) is 38.3 Å². The highest BCUT2D eigenvalue weighted by molar-refractivity contribution is 5.93. The van der Waals surface area contributed by atoms with E-state index >= 15 is 0 Å². The molecule has 0 heterocycles. The van der Waals surface area contributed by atoms with Gasteiger partial charge >= 0.3 is 5.97 Å². The van der Waals surface area contributed by atoms with Gasteiger partial charge in [-0.2, -0.15) is 0 Å². The molecule has 1 fully saturated rings. The normalized spacial score (nSPS) is 15.5. The van der Waals surface area contributed by atoms with Gasteiger partial charge in [-0.25, -0.2) is 0 Å². The number of esters is 1. The van der Waals surface area contributed by atoms with Gasteiger partial charge in [0.2, 0.25) is 0 Å². The van der Waals surface area contributed by atoms with Crippen LogP contribution in [0.25, 0.3) is 0 Å². The average Bonchev–Trinajstić information content (AvgIpc) is 2.48. The summed E-state index contributed by atoms with van der Waals surface area (Å²) in [5.41, 5.74) is 2.91. The van der Waals surface area contributed by atoms with E-state index in [1.165, 1.54) is 6.42 Å². The van der Waals surface area contributed by atoms with E-state index in [0.717, 1.165) is 42.5 Å². The van der Waals surface area contributed by atoms with E-state index in [-0.39, 0.29) is 24.4 Å². The van der Waals surface area contributed by atoms with Crippen molar-refractivity contribution < 1.29 is 14.3 Å². The lowest BCUT2D eigenvalue weighted by atomic mass is 9.89. The molecular weight excluding hydrogens is 266 g/mol. The molecule has 21 heavy (non-hydrogen) atoms. The van der Waals surface area contributed by atoms with Gasteiger partial charge in [0.25, 0.3) is 5.91 Å². The number of ether oxygens (including phenoxy) is 1. The number of amides is 1. The third kappa shape index (κ3) is 4.59.